The smallest absolute Gasteiger partial charge is 0.271 e. The van der Waals surface area contributed by atoms with Gasteiger partial charge in [0.05, 0.1) is 40.3 Å². The Bertz CT molecular complexity index is 1160. The number of nitrogens with one attached hydrogen (secondary N) is 1. The SMILES string of the molecule is Cc1ccc(-n2c(SCC(=O)Nc3ccc([N+](=O)[O-])cc3Cl)nnc2N2CCOCC2)cc1. The van der Waals surface area contributed by atoms with Crippen LogP contribution in [0.4, 0.5) is 17.3 Å². The topological polar surface area (TPSA) is 115 Å². The first kappa shape index (κ1) is 23.0. The molecule has 0 saturated carbocycles. The summed E-state index contributed by atoms with van der Waals surface area (Å²) in [5.41, 5.74) is 2.19. The molecule has 10 nitrogen and oxygen atoms in total. The Kier molecular flexibility index (Phi) is 7.11. The molecule has 1 fully saturated rings. The number of aromatic nitrogens is 3. The number of benzene rings is 2. The highest BCUT2D eigenvalue weighted by molar-refractivity contribution is 7.99. The van der Waals surface area contributed by atoms with E-state index in [1.807, 2.05) is 35.8 Å². The summed E-state index contributed by atoms with van der Waals surface area (Å²) in [6.45, 7) is 4.65. The number of morpholine rings is 1. The Morgan fingerprint density at radius 1 is 1.21 bits per heavy atom. The Labute approximate surface area is 199 Å². The number of carbonyl (C=O) groups is 1. The summed E-state index contributed by atoms with van der Waals surface area (Å²) in [6, 6.07) is 11.9. The first-order valence-electron chi connectivity index (χ1n) is 10.1. The lowest BCUT2D eigenvalue weighted by Gasteiger charge is -2.27. The molecule has 0 spiro atoms. The van der Waals surface area contributed by atoms with Gasteiger partial charge in [0.2, 0.25) is 11.9 Å². The van der Waals surface area contributed by atoms with Gasteiger partial charge in [-0.05, 0) is 25.1 Å². The van der Waals surface area contributed by atoms with Gasteiger partial charge in [0, 0.05) is 25.2 Å². The van der Waals surface area contributed by atoms with E-state index in [0.29, 0.717) is 43.1 Å². The normalized spacial score (nSPS) is 13.7. The van der Waals surface area contributed by atoms with Crippen LogP contribution in [0, 0.1) is 17.0 Å². The molecule has 2 heterocycles. The Morgan fingerprint density at radius 3 is 2.61 bits per heavy atom. The Morgan fingerprint density at radius 2 is 1.94 bits per heavy atom. The highest BCUT2D eigenvalue weighted by Gasteiger charge is 2.22. The number of nitro groups is 1. The minimum absolute atomic E-state index is 0.0560. The third-order valence-corrected chi connectivity index (χ3v) is 6.21. The number of anilines is 2. The number of aryl methyl sites for hydroxylation is 1. The second-order valence-corrected chi connectivity index (χ2v) is 8.66. The van der Waals surface area contributed by atoms with Crippen LogP contribution < -0.4 is 10.2 Å². The van der Waals surface area contributed by atoms with E-state index in [-0.39, 0.29) is 22.4 Å². The van der Waals surface area contributed by atoms with Gasteiger partial charge >= 0.3 is 0 Å². The number of halogens is 1. The number of thioether (sulfide) groups is 1. The number of non-ortho nitro benzene ring substituents is 1. The molecule has 1 amide bonds. The highest BCUT2D eigenvalue weighted by Crippen LogP contribution is 2.29. The molecular weight excluding hydrogens is 468 g/mol. The number of ether oxygens (including phenoxy) is 1. The molecule has 0 unspecified atom stereocenters. The predicted octanol–water partition coefficient (Wildman–Crippen LogP) is 3.70. The van der Waals surface area contributed by atoms with E-state index in [4.69, 9.17) is 16.3 Å². The summed E-state index contributed by atoms with van der Waals surface area (Å²) in [6.07, 6.45) is 0. The van der Waals surface area contributed by atoms with Crippen LogP contribution in [-0.2, 0) is 9.53 Å². The summed E-state index contributed by atoms with van der Waals surface area (Å²) < 4.78 is 7.38. The molecule has 1 aliphatic heterocycles. The van der Waals surface area contributed by atoms with Crippen LogP contribution in [0.2, 0.25) is 5.02 Å². The van der Waals surface area contributed by atoms with Gasteiger partial charge in [-0.1, -0.05) is 41.1 Å². The van der Waals surface area contributed by atoms with E-state index >= 15 is 0 Å². The summed E-state index contributed by atoms with van der Waals surface area (Å²) >= 11 is 7.31. The van der Waals surface area contributed by atoms with Crippen LogP contribution >= 0.6 is 23.4 Å². The van der Waals surface area contributed by atoms with Gasteiger partial charge in [-0.3, -0.25) is 19.5 Å². The third kappa shape index (κ3) is 5.44. The molecule has 2 aromatic carbocycles. The summed E-state index contributed by atoms with van der Waals surface area (Å²) in [5, 5.41) is 22.9. The molecule has 0 atom stereocenters. The summed E-state index contributed by atoms with van der Waals surface area (Å²) in [7, 11) is 0. The van der Waals surface area contributed by atoms with Gasteiger partial charge in [0.1, 0.15) is 0 Å². The minimum atomic E-state index is -0.544. The molecular formula is C21H21ClN6O4S. The number of rotatable bonds is 7. The van der Waals surface area contributed by atoms with Crippen LogP contribution in [0.15, 0.2) is 47.6 Å². The average molecular weight is 489 g/mol. The lowest BCUT2D eigenvalue weighted by atomic mass is 10.2. The number of hydrogen-bond acceptors (Lipinski definition) is 8. The number of hydrogen-bond donors (Lipinski definition) is 1. The van der Waals surface area contributed by atoms with E-state index in [1.165, 1.54) is 30.0 Å². The van der Waals surface area contributed by atoms with Crippen molar-refractivity contribution in [3.63, 3.8) is 0 Å². The second-order valence-electron chi connectivity index (χ2n) is 7.31. The van der Waals surface area contributed by atoms with Gasteiger partial charge in [-0.25, -0.2) is 0 Å². The molecule has 1 aromatic heterocycles. The second kappa shape index (κ2) is 10.2. The Hall–Kier alpha value is -3.15. The molecule has 0 aliphatic carbocycles. The number of nitrogens with zero attached hydrogens (tertiary/aromatic N) is 5. The highest BCUT2D eigenvalue weighted by atomic mass is 35.5. The summed E-state index contributed by atoms with van der Waals surface area (Å²) in [4.78, 5) is 25.0. The first-order chi connectivity index (χ1) is 15.9. The van der Waals surface area contributed by atoms with Gasteiger partial charge in [0.25, 0.3) is 5.69 Å². The quantitative estimate of drug-likeness (QED) is 0.304. The van der Waals surface area contributed by atoms with Crippen LogP contribution in [0.5, 0.6) is 0 Å². The van der Waals surface area contributed by atoms with Gasteiger partial charge in [0.15, 0.2) is 5.16 Å². The molecule has 3 aromatic rings. The minimum Gasteiger partial charge on any atom is -0.378 e. The van der Waals surface area contributed by atoms with Crippen LogP contribution in [0.3, 0.4) is 0 Å². The van der Waals surface area contributed by atoms with Crippen LogP contribution in [-0.4, -0.2) is 57.7 Å². The maximum Gasteiger partial charge on any atom is 0.271 e. The van der Waals surface area contributed by atoms with Gasteiger partial charge < -0.3 is 15.0 Å². The monoisotopic (exact) mass is 488 g/mol. The van der Waals surface area contributed by atoms with Gasteiger partial charge in [-0.15, -0.1) is 10.2 Å². The molecule has 0 radical (unpaired) electrons. The van der Waals surface area contributed by atoms with E-state index in [1.54, 1.807) is 0 Å². The van der Waals surface area contributed by atoms with Crippen molar-refractivity contribution in [2.24, 2.45) is 0 Å². The van der Waals surface area contributed by atoms with Crippen molar-refractivity contribution in [2.45, 2.75) is 12.1 Å². The van der Waals surface area contributed by atoms with E-state index in [9.17, 15) is 14.9 Å². The van der Waals surface area contributed by atoms with E-state index < -0.39 is 4.92 Å². The van der Waals surface area contributed by atoms with Gasteiger partial charge in [-0.2, -0.15) is 0 Å². The fourth-order valence-electron chi connectivity index (χ4n) is 3.28. The van der Waals surface area contributed by atoms with Crippen molar-refractivity contribution in [3.8, 4) is 5.69 Å². The molecule has 33 heavy (non-hydrogen) atoms. The number of carbonyl (C=O) groups excluding carboxylic acids is 1. The molecule has 4 rings (SSSR count). The molecule has 172 valence electrons. The molecule has 1 N–H and O–H groups in total. The number of amides is 1. The fourth-order valence-corrected chi connectivity index (χ4v) is 4.25. The third-order valence-electron chi connectivity index (χ3n) is 4.97. The largest absolute Gasteiger partial charge is 0.378 e. The summed E-state index contributed by atoms with van der Waals surface area (Å²) in [5.74, 6) is 0.436. The first-order valence-corrected chi connectivity index (χ1v) is 11.5. The lowest BCUT2D eigenvalue weighted by Crippen LogP contribution is -2.37. The number of nitro benzene ring substituents is 1. The predicted molar refractivity (Wildman–Crippen MR) is 127 cm³/mol. The molecule has 12 heteroatoms. The van der Waals surface area contributed by atoms with Crippen molar-refractivity contribution >= 4 is 46.6 Å². The van der Waals surface area contributed by atoms with Crippen molar-refractivity contribution in [1.82, 2.24) is 14.8 Å². The Balaban J connectivity index is 1.51. The van der Waals surface area contributed by atoms with Crippen LogP contribution in [0.25, 0.3) is 5.69 Å². The van der Waals surface area contributed by atoms with Crippen LogP contribution in [0.1, 0.15) is 5.56 Å². The van der Waals surface area contributed by atoms with Crippen molar-refractivity contribution in [3.05, 3.63) is 63.2 Å². The standard InChI is InChI=1S/C21H21ClN6O4S/c1-14-2-4-15(5-3-14)27-20(26-8-10-32-11-9-26)24-25-21(27)33-13-19(29)23-18-7-6-16(28(30)31)12-17(18)22/h2-7,12H,8-11,13H2,1H3,(H,23,29). The van der Waals surface area contributed by atoms with E-state index in [0.717, 1.165) is 11.3 Å². The molecule has 1 saturated heterocycles. The molecule has 1 aliphatic rings. The maximum absolute atomic E-state index is 12.5. The fraction of sp³-hybridized carbons (Fsp3) is 0.286. The maximum atomic E-state index is 12.5. The van der Waals surface area contributed by atoms with Crippen molar-refractivity contribution in [1.29, 1.82) is 0 Å². The van der Waals surface area contributed by atoms with Crippen molar-refractivity contribution in [2.75, 3.05) is 42.3 Å². The van der Waals surface area contributed by atoms with E-state index in [2.05, 4.69) is 20.4 Å². The lowest BCUT2D eigenvalue weighted by molar-refractivity contribution is -0.384. The zero-order valence-corrected chi connectivity index (χ0v) is 19.3. The van der Waals surface area contributed by atoms with Crippen molar-refractivity contribution < 1.29 is 14.5 Å². The molecule has 0 bridgehead atoms. The zero-order valence-electron chi connectivity index (χ0n) is 17.7. The zero-order chi connectivity index (χ0) is 23.4. The average Bonchev–Trinajstić information content (AvgIpc) is 3.24.